The lowest BCUT2D eigenvalue weighted by molar-refractivity contribution is 0.828. The number of hydrogen-bond donors (Lipinski definition) is 1. The summed E-state index contributed by atoms with van der Waals surface area (Å²) in [6, 6.07) is 2.13. The summed E-state index contributed by atoms with van der Waals surface area (Å²) in [5.41, 5.74) is 0. The van der Waals surface area contributed by atoms with E-state index in [1.54, 1.807) is 18.0 Å². The van der Waals surface area contributed by atoms with Crippen molar-refractivity contribution < 1.29 is 0 Å². The molecule has 0 spiro atoms. The fraction of sp³-hybridized carbons (Fsp3) is 0.500. The van der Waals surface area contributed by atoms with E-state index in [9.17, 15) is 0 Å². The van der Waals surface area contributed by atoms with E-state index in [1.807, 2.05) is 6.20 Å². The Bertz CT molecular complexity index is 237. The van der Waals surface area contributed by atoms with Gasteiger partial charge in [-0.25, -0.2) is 4.98 Å². The summed E-state index contributed by atoms with van der Waals surface area (Å²) in [5.74, 6) is 1.04. The maximum absolute atomic E-state index is 8.27. The second-order valence-corrected chi connectivity index (χ2v) is 3.44. The lowest BCUT2D eigenvalue weighted by Crippen LogP contribution is -1.81. The van der Waals surface area contributed by atoms with Crippen molar-refractivity contribution in [2.24, 2.45) is 0 Å². The number of hydrogen-bond acceptors (Lipinski definition) is 3. The van der Waals surface area contributed by atoms with Gasteiger partial charge in [0, 0.05) is 24.6 Å². The molecule has 4 heteroatoms. The van der Waals surface area contributed by atoms with Gasteiger partial charge in [-0.1, -0.05) is 11.8 Å². The van der Waals surface area contributed by atoms with Crippen LogP contribution in [0.15, 0.2) is 17.6 Å². The van der Waals surface area contributed by atoms with Crippen LogP contribution in [0, 0.1) is 11.3 Å². The number of nitrogens with one attached hydrogen (secondary N) is 1. The van der Waals surface area contributed by atoms with Gasteiger partial charge in [-0.2, -0.15) is 5.26 Å². The molecule has 0 aromatic carbocycles. The van der Waals surface area contributed by atoms with Crippen molar-refractivity contribution in [3.8, 4) is 6.07 Å². The molecule has 0 aliphatic carbocycles. The second kappa shape index (κ2) is 5.67. The Morgan fingerprint density at radius 3 is 3.17 bits per heavy atom. The summed E-state index contributed by atoms with van der Waals surface area (Å²) in [6.45, 7) is 0. The minimum Gasteiger partial charge on any atom is -0.340 e. The Hall–Kier alpha value is -0.950. The minimum absolute atomic E-state index is 0.665. The molecule has 0 bridgehead atoms. The fourth-order valence-electron chi connectivity index (χ4n) is 0.805. The summed E-state index contributed by atoms with van der Waals surface area (Å²) in [4.78, 5) is 7.09. The van der Waals surface area contributed by atoms with E-state index in [1.165, 1.54) is 0 Å². The van der Waals surface area contributed by atoms with Crippen molar-refractivity contribution in [2.45, 2.75) is 24.4 Å². The van der Waals surface area contributed by atoms with Crippen LogP contribution in [0.25, 0.3) is 0 Å². The zero-order valence-electron chi connectivity index (χ0n) is 6.79. The normalized spacial score (nSPS) is 9.58. The maximum atomic E-state index is 8.27. The van der Waals surface area contributed by atoms with E-state index in [4.69, 9.17) is 5.26 Å². The van der Waals surface area contributed by atoms with Gasteiger partial charge in [-0.3, -0.25) is 0 Å². The Kier molecular flexibility index (Phi) is 4.32. The molecule has 0 aliphatic heterocycles. The molecule has 0 amide bonds. The first kappa shape index (κ1) is 9.14. The largest absolute Gasteiger partial charge is 0.340 e. The Balaban J connectivity index is 2.01. The number of aromatic nitrogens is 2. The number of unbranched alkanes of at least 4 members (excludes halogenated alkanes) is 2. The SMILES string of the molecule is N#CCCCCSc1ncc[nH]1. The average Bonchev–Trinajstić information content (AvgIpc) is 2.57. The van der Waals surface area contributed by atoms with Gasteiger partial charge in [0.2, 0.25) is 0 Å². The van der Waals surface area contributed by atoms with Crippen LogP contribution >= 0.6 is 11.8 Å². The molecular weight excluding hydrogens is 170 g/mol. The van der Waals surface area contributed by atoms with Crippen LogP contribution in [0.1, 0.15) is 19.3 Å². The van der Waals surface area contributed by atoms with Gasteiger partial charge >= 0.3 is 0 Å². The van der Waals surface area contributed by atoms with Crippen molar-refractivity contribution >= 4 is 11.8 Å². The quantitative estimate of drug-likeness (QED) is 0.559. The first-order valence-electron chi connectivity index (χ1n) is 3.92. The highest BCUT2D eigenvalue weighted by Crippen LogP contribution is 2.13. The molecule has 1 aromatic rings. The van der Waals surface area contributed by atoms with Crippen molar-refractivity contribution in [1.82, 2.24) is 9.97 Å². The molecule has 1 N–H and O–H groups in total. The number of H-pyrrole nitrogens is 1. The van der Waals surface area contributed by atoms with E-state index >= 15 is 0 Å². The van der Waals surface area contributed by atoms with Gasteiger partial charge in [0.05, 0.1) is 6.07 Å². The third-order valence-corrected chi connectivity index (χ3v) is 2.38. The smallest absolute Gasteiger partial charge is 0.165 e. The predicted octanol–water partition coefficient (Wildman–Crippen LogP) is 2.20. The lowest BCUT2D eigenvalue weighted by atomic mass is 10.3. The topological polar surface area (TPSA) is 52.5 Å². The monoisotopic (exact) mass is 181 g/mol. The predicted molar refractivity (Wildman–Crippen MR) is 48.8 cm³/mol. The van der Waals surface area contributed by atoms with Crippen LogP contribution < -0.4 is 0 Å². The van der Waals surface area contributed by atoms with Gasteiger partial charge in [-0.15, -0.1) is 0 Å². The van der Waals surface area contributed by atoms with Crippen LogP contribution in [-0.2, 0) is 0 Å². The summed E-state index contributed by atoms with van der Waals surface area (Å²) in [7, 11) is 0. The summed E-state index contributed by atoms with van der Waals surface area (Å²) in [6.07, 6.45) is 6.30. The number of nitriles is 1. The number of rotatable bonds is 5. The van der Waals surface area contributed by atoms with Crippen molar-refractivity contribution in [3.63, 3.8) is 0 Å². The summed E-state index contributed by atoms with van der Waals surface area (Å²) >= 11 is 1.70. The Morgan fingerprint density at radius 1 is 1.58 bits per heavy atom. The van der Waals surface area contributed by atoms with E-state index in [-0.39, 0.29) is 0 Å². The van der Waals surface area contributed by atoms with Gasteiger partial charge in [0.25, 0.3) is 0 Å². The van der Waals surface area contributed by atoms with E-state index in [0.29, 0.717) is 6.42 Å². The number of imidazole rings is 1. The molecule has 1 heterocycles. The molecule has 12 heavy (non-hydrogen) atoms. The zero-order chi connectivity index (χ0) is 8.65. The average molecular weight is 181 g/mol. The minimum atomic E-state index is 0.665. The molecule has 1 rings (SSSR count). The Morgan fingerprint density at radius 2 is 2.50 bits per heavy atom. The molecule has 3 nitrogen and oxygen atoms in total. The molecule has 0 radical (unpaired) electrons. The van der Waals surface area contributed by atoms with Crippen LogP contribution in [0.5, 0.6) is 0 Å². The number of nitrogens with zero attached hydrogens (tertiary/aromatic N) is 2. The summed E-state index contributed by atoms with van der Waals surface area (Å²) in [5, 5.41) is 9.24. The molecule has 0 aliphatic rings. The molecule has 0 saturated heterocycles. The van der Waals surface area contributed by atoms with Gasteiger partial charge < -0.3 is 4.98 Å². The van der Waals surface area contributed by atoms with E-state index < -0.39 is 0 Å². The molecule has 0 atom stereocenters. The number of thioether (sulfide) groups is 1. The summed E-state index contributed by atoms with van der Waals surface area (Å²) < 4.78 is 0. The second-order valence-electron chi connectivity index (χ2n) is 2.36. The maximum Gasteiger partial charge on any atom is 0.165 e. The highest BCUT2D eigenvalue weighted by molar-refractivity contribution is 7.99. The number of aromatic amines is 1. The standard InChI is InChI=1S/C8H11N3S/c9-4-2-1-3-7-12-8-10-5-6-11-8/h5-6H,1-3,7H2,(H,10,11). The highest BCUT2D eigenvalue weighted by Gasteiger charge is 1.94. The first-order chi connectivity index (χ1) is 5.93. The van der Waals surface area contributed by atoms with E-state index in [2.05, 4.69) is 16.0 Å². The fourth-order valence-corrected chi connectivity index (χ4v) is 1.63. The van der Waals surface area contributed by atoms with Crippen molar-refractivity contribution in [2.75, 3.05) is 5.75 Å². The first-order valence-corrected chi connectivity index (χ1v) is 4.91. The molecule has 0 saturated carbocycles. The molecule has 0 unspecified atom stereocenters. The van der Waals surface area contributed by atoms with Crippen LogP contribution in [0.4, 0.5) is 0 Å². The molecular formula is C8H11N3S. The van der Waals surface area contributed by atoms with Crippen LogP contribution in [-0.4, -0.2) is 15.7 Å². The van der Waals surface area contributed by atoms with Gasteiger partial charge in [0.1, 0.15) is 0 Å². The van der Waals surface area contributed by atoms with Crippen LogP contribution in [0.2, 0.25) is 0 Å². The van der Waals surface area contributed by atoms with Crippen LogP contribution in [0.3, 0.4) is 0 Å². The van der Waals surface area contributed by atoms with Crippen molar-refractivity contribution in [3.05, 3.63) is 12.4 Å². The lowest BCUT2D eigenvalue weighted by Gasteiger charge is -1.94. The van der Waals surface area contributed by atoms with Crippen molar-refractivity contribution in [1.29, 1.82) is 5.26 Å². The Labute approximate surface area is 76.2 Å². The molecule has 1 aromatic heterocycles. The highest BCUT2D eigenvalue weighted by atomic mass is 32.2. The third kappa shape index (κ3) is 3.44. The zero-order valence-corrected chi connectivity index (χ0v) is 7.60. The van der Waals surface area contributed by atoms with Gasteiger partial charge in [0.15, 0.2) is 5.16 Å². The molecule has 0 fully saturated rings. The third-order valence-electron chi connectivity index (χ3n) is 1.39. The molecule has 64 valence electrons. The van der Waals surface area contributed by atoms with Gasteiger partial charge in [-0.05, 0) is 12.8 Å². The van der Waals surface area contributed by atoms with E-state index in [0.717, 1.165) is 23.8 Å².